The average Bonchev–Trinajstić information content (AvgIpc) is 3.34. The number of rotatable bonds is 7. The van der Waals surface area contributed by atoms with Gasteiger partial charge in [0.25, 0.3) is 11.8 Å². The van der Waals surface area contributed by atoms with E-state index in [0.29, 0.717) is 17.7 Å². The first-order chi connectivity index (χ1) is 15.0. The molecule has 2 aromatic heterocycles. The minimum absolute atomic E-state index is 0.116. The van der Waals surface area contributed by atoms with Gasteiger partial charge in [-0.05, 0) is 42.8 Å². The smallest absolute Gasteiger partial charge is 0.252 e. The van der Waals surface area contributed by atoms with Crippen LogP contribution in [0.15, 0.2) is 60.9 Å². The van der Waals surface area contributed by atoms with Crippen molar-refractivity contribution in [2.24, 2.45) is 14.1 Å². The molecular weight excluding hydrogens is 388 g/mol. The highest BCUT2D eigenvalue weighted by Crippen LogP contribution is 2.21. The predicted octanol–water partition coefficient (Wildman–Crippen LogP) is 4.00. The lowest BCUT2D eigenvalue weighted by molar-refractivity contribution is 0.0908. The van der Waals surface area contributed by atoms with Crippen LogP contribution in [0.2, 0.25) is 0 Å². The molecule has 0 aliphatic carbocycles. The first-order valence-corrected chi connectivity index (χ1v) is 10.7. The lowest BCUT2D eigenvalue weighted by Gasteiger charge is -2.19. The fourth-order valence-electron chi connectivity index (χ4n) is 4.15. The molecule has 6 heteroatoms. The van der Waals surface area contributed by atoms with Gasteiger partial charge in [-0.25, -0.2) is 0 Å². The Morgan fingerprint density at radius 1 is 0.839 bits per heavy atom. The number of carbonyl (C=O) groups excluding carboxylic acids is 2. The molecule has 1 unspecified atom stereocenters. The van der Waals surface area contributed by atoms with Crippen molar-refractivity contribution in [3.05, 3.63) is 72.1 Å². The van der Waals surface area contributed by atoms with E-state index in [1.54, 1.807) is 0 Å². The van der Waals surface area contributed by atoms with E-state index in [0.717, 1.165) is 34.6 Å². The molecule has 2 aromatic carbocycles. The molecule has 160 valence electrons. The van der Waals surface area contributed by atoms with E-state index in [1.807, 2.05) is 84.2 Å². The number of nitrogens with zero attached hydrogens (tertiary/aromatic N) is 2. The molecule has 2 heterocycles. The van der Waals surface area contributed by atoms with E-state index in [4.69, 9.17) is 0 Å². The Balaban J connectivity index is 1.47. The zero-order valence-electron chi connectivity index (χ0n) is 18.2. The number of nitrogens with one attached hydrogen (secondary N) is 2. The molecule has 0 saturated carbocycles. The Kier molecular flexibility index (Phi) is 5.80. The maximum atomic E-state index is 13.0. The summed E-state index contributed by atoms with van der Waals surface area (Å²) in [5.74, 6) is -0.244. The van der Waals surface area contributed by atoms with Gasteiger partial charge in [-0.2, -0.15) is 0 Å². The second-order valence-corrected chi connectivity index (χ2v) is 8.00. The molecular formula is C25H28N4O2. The summed E-state index contributed by atoms with van der Waals surface area (Å²) >= 11 is 0. The molecule has 0 saturated heterocycles. The number of benzene rings is 2. The van der Waals surface area contributed by atoms with E-state index < -0.39 is 0 Å². The Morgan fingerprint density at radius 3 is 1.94 bits per heavy atom. The van der Waals surface area contributed by atoms with Crippen LogP contribution >= 0.6 is 0 Å². The molecule has 0 radical (unpaired) electrons. The lowest BCUT2D eigenvalue weighted by Crippen LogP contribution is -2.43. The van der Waals surface area contributed by atoms with Gasteiger partial charge in [0, 0.05) is 72.0 Å². The standard InChI is InChI=1S/C25H28N4O2/c1-4-7-17(27-25(31)21-9-6-11-23-19(21)13-15-29(23)3)16-26-24(30)20-8-5-10-22-18(20)12-14-28(22)2/h5-6,8-15,17H,4,7,16H2,1-3H3,(H,26,30)(H,27,31). The number of aromatic nitrogens is 2. The van der Waals surface area contributed by atoms with Crippen LogP contribution in [0.5, 0.6) is 0 Å². The summed E-state index contributed by atoms with van der Waals surface area (Å²) in [5.41, 5.74) is 3.33. The molecule has 1 atom stereocenters. The van der Waals surface area contributed by atoms with Gasteiger partial charge in [0.15, 0.2) is 0 Å². The minimum Gasteiger partial charge on any atom is -0.351 e. The van der Waals surface area contributed by atoms with E-state index in [9.17, 15) is 9.59 Å². The van der Waals surface area contributed by atoms with Gasteiger partial charge in [0.2, 0.25) is 0 Å². The molecule has 31 heavy (non-hydrogen) atoms. The molecule has 0 spiro atoms. The van der Waals surface area contributed by atoms with Crippen LogP contribution in [-0.4, -0.2) is 33.5 Å². The highest BCUT2D eigenvalue weighted by Gasteiger charge is 2.18. The highest BCUT2D eigenvalue weighted by atomic mass is 16.2. The SMILES string of the molecule is CCCC(CNC(=O)c1cccc2c1ccn2C)NC(=O)c1cccc2c1ccn2C. The first kappa shape index (κ1) is 20.7. The lowest BCUT2D eigenvalue weighted by atomic mass is 10.1. The summed E-state index contributed by atoms with van der Waals surface area (Å²) < 4.78 is 4.00. The average molecular weight is 417 g/mol. The molecule has 0 aliphatic heterocycles. The Labute approximate surface area is 181 Å². The Bertz CT molecular complexity index is 1250. The topological polar surface area (TPSA) is 68.1 Å². The highest BCUT2D eigenvalue weighted by molar-refractivity contribution is 6.07. The van der Waals surface area contributed by atoms with E-state index >= 15 is 0 Å². The molecule has 0 bridgehead atoms. The third-order valence-electron chi connectivity index (χ3n) is 5.83. The normalized spacial score (nSPS) is 12.2. The van der Waals surface area contributed by atoms with Gasteiger partial charge >= 0.3 is 0 Å². The maximum absolute atomic E-state index is 13.0. The van der Waals surface area contributed by atoms with Crippen molar-refractivity contribution in [1.29, 1.82) is 0 Å². The third-order valence-corrected chi connectivity index (χ3v) is 5.83. The molecule has 0 aliphatic rings. The van der Waals surface area contributed by atoms with Gasteiger partial charge in [-0.15, -0.1) is 0 Å². The van der Waals surface area contributed by atoms with Crippen molar-refractivity contribution in [2.45, 2.75) is 25.8 Å². The number of hydrogen-bond acceptors (Lipinski definition) is 2. The number of aryl methyl sites for hydroxylation is 2. The number of amides is 2. The Hall–Kier alpha value is -3.54. The molecule has 0 fully saturated rings. The molecule has 4 aromatic rings. The zero-order chi connectivity index (χ0) is 22.0. The van der Waals surface area contributed by atoms with Gasteiger partial charge in [-0.3, -0.25) is 9.59 Å². The molecule has 2 amide bonds. The third kappa shape index (κ3) is 4.06. The Morgan fingerprint density at radius 2 is 1.39 bits per heavy atom. The van der Waals surface area contributed by atoms with Crippen LogP contribution < -0.4 is 10.6 Å². The van der Waals surface area contributed by atoms with Crippen molar-refractivity contribution in [3.8, 4) is 0 Å². The van der Waals surface area contributed by atoms with Crippen LogP contribution in [0.4, 0.5) is 0 Å². The van der Waals surface area contributed by atoms with E-state index in [1.165, 1.54) is 0 Å². The number of carbonyl (C=O) groups is 2. The summed E-state index contributed by atoms with van der Waals surface area (Å²) in [6.07, 6.45) is 5.60. The fourth-order valence-corrected chi connectivity index (χ4v) is 4.15. The van der Waals surface area contributed by atoms with E-state index in [2.05, 4.69) is 17.6 Å². The number of fused-ring (bicyclic) bond motifs is 2. The van der Waals surface area contributed by atoms with Crippen LogP contribution in [-0.2, 0) is 14.1 Å². The first-order valence-electron chi connectivity index (χ1n) is 10.7. The quantitative estimate of drug-likeness (QED) is 0.478. The van der Waals surface area contributed by atoms with Gasteiger partial charge < -0.3 is 19.8 Å². The van der Waals surface area contributed by atoms with Crippen LogP contribution in [0.1, 0.15) is 40.5 Å². The minimum atomic E-state index is -0.143. The second-order valence-electron chi connectivity index (χ2n) is 8.00. The van der Waals surface area contributed by atoms with Crippen molar-refractivity contribution in [3.63, 3.8) is 0 Å². The molecule has 4 rings (SSSR count). The van der Waals surface area contributed by atoms with E-state index in [-0.39, 0.29) is 17.9 Å². The van der Waals surface area contributed by atoms with Crippen molar-refractivity contribution >= 4 is 33.6 Å². The largest absolute Gasteiger partial charge is 0.351 e. The summed E-state index contributed by atoms with van der Waals surface area (Å²) in [5, 5.41) is 7.99. The van der Waals surface area contributed by atoms with Crippen LogP contribution in [0, 0.1) is 0 Å². The second kappa shape index (κ2) is 8.68. The number of hydrogen-bond donors (Lipinski definition) is 2. The van der Waals surface area contributed by atoms with Crippen molar-refractivity contribution < 1.29 is 9.59 Å². The fraction of sp³-hybridized carbons (Fsp3) is 0.280. The maximum Gasteiger partial charge on any atom is 0.252 e. The van der Waals surface area contributed by atoms with Crippen molar-refractivity contribution in [2.75, 3.05) is 6.54 Å². The molecule has 6 nitrogen and oxygen atoms in total. The van der Waals surface area contributed by atoms with Gasteiger partial charge in [-0.1, -0.05) is 25.5 Å². The summed E-state index contributed by atoms with van der Waals surface area (Å²) in [6.45, 7) is 2.45. The van der Waals surface area contributed by atoms with Crippen molar-refractivity contribution in [1.82, 2.24) is 19.8 Å². The monoisotopic (exact) mass is 416 g/mol. The van der Waals surface area contributed by atoms with Crippen LogP contribution in [0.25, 0.3) is 21.8 Å². The van der Waals surface area contributed by atoms with Gasteiger partial charge in [0.05, 0.1) is 0 Å². The van der Waals surface area contributed by atoms with Gasteiger partial charge in [0.1, 0.15) is 0 Å². The summed E-state index contributed by atoms with van der Waals surface area (Å²) in [4.78, 5) is 25.9. The molecule has 2 N–H and O–H groups in total. The zero-order valence-corrected chi connectivity index (χ0v) is 18.2. The van der Waals surface area contributed by atoms with Crippen LogP contribution in [0.3, 0.4) is 0 Å². The summed E-state index contributed by atoms with van der Waals surface area (Å²) in [6, 6.07) is 15.2. The predicted molar refractivity (Wildman–Crippen MR) is 124 cm³/mol. The summed E-state index contributed by atoms with van der Waals surface area (Å²) in [7, 11) is 3.93.